The van der Waals surface area contributed by atoms with Crippen LogP contribution in [0.5, 0.6) is 0 Å². The van der Waals surface area contributed by atoms with Gasteiger partial charge in [-0.05, 0) is 30.9 Å². The summed E-state index contributed by atoms with van der Waals surface area (Å²) in [6.45, 7) is 1.99. The number of amides is 3. The van der Waals surface area contributed by atoms with Crippen LogP contribution in [-0.2, 0) is 17.8 Å². The molecule has 1 aromatic heterocycles. The van der Waals surface area contributed by atoms with Gasteiger partial charge in [0, 0.05) is 36.1 Å². The van der Waals surface area contributed by atoms with E-state index in [2.05, 4.69) is 22.4 Å². The lowest BCUT2D eigenvalue weighted by Crippen LogP contribution is -2.43. The first-order valence-electron chi connectivity index (χ1n) is 9.23. The number of para-hydroxylation sites is 1. The highest BCUT2D eigenvalue weighted by Crippen LogP contribution is 2.27. The largest absolute Gasteiger partial charge is 0.357 e. The van der Waals surface area contributed by atoms with Crippen molar-refractivity contribution in [3.8, 4) is 0 Å². The van der Waals surface area contributed by atoms with Crippen molar-refractivity contribution in [2.24, 2.45) is 0 Å². The second kappa shape index (κ2) is 8.71. The number of aromatic nitrogens is 1. The number of aromatic amines is 1. The Morgan fingerprint density at radius 2 is 1.96 bits per heavy atom. The molecule has 0 saturated carbocycles. The number of nitrogens with one attached hydrogen (secondary N) is 3. The fourth-order valence-electron chi connectivity index (χ4n) is 3.49. The van der Waals surface area contributed by atoms with Gasteiger partial charge in [0.2, 0.25) is 5.91 Å². The van der Waals surface area contributed by atoms with E-state index in [4.69, 9.17) is 5.21 Å². The van der Waals surface area contributed by atoms with Crippen molar-refractivity contribution in [1.29, 1.82) is 0 Å². The molecule has 1 aliphatic heterocycles. The number of benzene rings is 1. The predicted molar refractivity (Wildman–Crippen MR) is 98.8 cm³/mol. The van der Waals surface area contributed by atoms with Crippen molar-refractivity contribution in [2.45, 2.75) is 45.1 Å². The third kappa shape index (κ3) is 4.35. The van der Waals surface area contributed by atoms with Gasteiger partial charge in [-0.15, -0.1) is 0 Å². The van der Waals surface area contributed by atoms with Gasteiger partial charge in [0.15, 0.2) is 0 Å². The van der Waals surface area contributed by atoms with Gasteiger partial charge in [0.05, 0.1) is 6.54 Å². The lowest BCUT2D eigenvalue weighted by molar-refractivity contribution is -0.129. The first kappa shape index (κ1) is 18.3. The van der Waals surface area contributed by atoms with Crippen molar-refractivity contribution in [2.75, 3.05) is 13.1 Å². The summed E-state index contributed by atoms with van der Waals surface area (Å²) >= 11 is 0. The van der Waals surface area contributed by atoms with E-state index in [1.54, 1.807) is 5.48 Å². The molecular weight excluding hydrogens is 332 g/mol. The minimum Gasteiger partial charge on any atom is -0.357 e. The number of unbranched alkanes of at least 4 members (excludes halogenated alkanes) is 3. The minimum atomic E-state index is -0.347. The molecule has 0 saturated heterocycles. The van der Waals surface area contributed by atoms with Crippen LogP contribution in [0.2, 0.25) is 0 Å². The molecule has 0 unspecified atom stereocenters. The average Bonchev–Trinajstić information content (AvgIpc) is 3.04. The van der Waals surface area contributed by atoms with Gasteiger partial charge in [-0.3, -0.25) is 10.0 Å². The van der Waals surface area contributed by atoms with Crippen LogP contribution in [0.4, 0.5) is 4.79 Å². The number of nitrogens with zero attached hydrogens (tertiary/aromatic N) is 1. The van der Waals surface area contributed by atoms with Gasteiger partial charge in [-0.2, -0.15) is 0 Å². The van der Waals surface area contributed by atoms with E-state index in [0.29, 0.717) is 19.5 Å². The Labute approximate surface area is 152 Å². The number of hydrogen-bond donors (Lipinski definition) is 4. The topological polar surface area (TPSA) is 97.5 Å². The molecule has 0 spiro atoms. The Kier molecular flexibility index (Phi) is 6.12. The van der Waals surface area contributed by atoms with E-state index < -0.39 is 0 Å². The van der Waals surface area contributed by atoms with Crippen molar-refractivity contribution < 1.29 is 14.8 Å². The number of hydrogen-bond acceptors (Lipinski definition) is 3. The Bertz CT molecular complexity index is 771. The average molecular weight is 358 g/mol. The first-order valence-corrected chi connectivity index (χ1v) is 9.23. The summed E-state index contributed by atoms with van der Waals surface area (Å²) in [5.41, 5.74) is 5.23. The lowest BCUT2D eigenvalue weighted by Gasteiger charge is -2.27. The summed E-state index contributed by atoms with van der Waals surface area (Å²) in [7, 11) is 0. The molecule has 2 heterocycles. The smallest absolute Gasteiger partial charge is 0.317 e. The SMILES string of the molecule is O=C(CCCCCCNC(=O)N1CCc2c([nH]c3ccccc23)C1)NO. The van der Waals surface area contributed by atoms with Crippen molar-refractivity contribution >= 4 is 22.8 Å². The molecule has 1 aromatic carbocycles. The third-order valence-electron chi connectivity index (χ3n) is 4.90. The Balaban J connectivity index is 1.39. The molecule has 0 bridgehead atoms. The Morgan fingerprint density at radius 3 is 2.81 bits per heavy atom. The standard InChI is InChI=1S/C19H26N4O3/c24-18(22-26)9-3-1-2-6-11-20-19(25)23-12-10-15-14-7-4-5-8-16(14)21-17(15)13-23/h4-5,7-8,21,26H,1-3,6,9-13H2,(H,20,25)(H,22,24). The highest BCUT2D eigenvalue weighted by Gasteiger charge is 2.23. The molecule has 140 valence electrons. The molecule has 7 heteroatoms. The number of fused-ring (bicyclic) bond motifs is 3. The van der Waals surface area contributed by atoms with Crippen LogP contribution in [0.15, 0.2) is 24.3 Å². The summed E-state index contributed by atoms with van der Waals surface area (Å²) in [6.07, 6.45) is 4.70. The molecule has 2 aromatic rings. The summed E-state index contributed by atoms with van der Waals surface area (Å²) in [5, 5.41) is 12.7. The van der Waals surface area contributed by atoms with E-state index >= 15 is 0 Å². The zero-order valence-corrected chi connectivity index (χ0v) is 14.9. The molecule has 0 atom stereocenters. The van der Waals surface area contributed by atoms with Crippen LogP contribution in [0, 0.1) is 0 Å². The predicted octanol–water partition coefficient (Wildman–Crippen LogP) is 2.69. The highest BCUT2D eigenvalue weighted by molar-refractivity contribution is 5.85. The second-order valence-corrected chi connectivity index (χ2v) is 6.73. The van der Waals surface area contributed by atoms with E-state index in [0.717, 1.165) is 49.9 Å². The molecular formula is C19H26N4O3. The molecule has 7 nitrogen and oxygen atoms in total. The Morgan fingerprint density at radius 1 is 1.15 bits per heavy atom. The maximum Gasteiger partial charge on any atom is 0.317 e. The quantitative estimate of drug-likeness (QED) is 0.348. The fraction of sp³-hybridized carbons (Fsp3) is 0.474. The summed E-state index contributed by atoms with van der Waals surface area (Å²) in [5.74, 6) is -0.347. The third-order valence-corrected chi connectivity index (χ3v) is 4.90. The van der Waals surface area contributed by atoms with Crippen LogP contribution in [-0.4, -0.2) is 40.1 Å². The summed E-state index contributed by atoms with van der Waals surface area (Å²) in [4.78, 5) is 28.5. The fourth-order valence-corrected chi connectivity index (χ4v) is 3.49. The van der Waals surface area contributed by atoms with Crippen LogP contribution >= 0.6 is 0 Å². The molecule has 1 aliphatic rings. The number of carbonyl (C=O) groups excluding carboxylic acids is 2. The molecule has 0 fully saturated rings. The zero-order chi connectivity index (χ0) is 18.4. The van der Waals surface area contributed by atoms with E-state index in [1.165, 1.54) is 10.9 Å². The van der Waals surface area contributed by atoms with Crippen molar-refractivity contribution in [3.05, 3.63) is 35.5 Å². The summed E-state index contributed by atoms with van der Waals surface area (Å²) < 4.78 is 0. The van der Waals surface area contributed by atoms with E-state index in [1.807, 2.05) is 17.0 Å². The van der Waals surface area contributed by atoms with Crippen LogP contribution in [0.3, 0.4) is 0 Å². The monoisotopic (exact) mass is 358 g/mol. The number of rotatable bonds is 7. The molecule has 3 amide bonds. The minimum absolute atomic E-state index is 0.0195. The molecule has 4 N–H and O–H groups in total. The maximum absolute atomic E-state index is 12.4. The van der Waals surface area contributed by atoms with Gasteiger partial charge in [-0.25, -0.2) is 10.3 Å². The van der Waals surface area contributed by atoms with Gasteiger partial charge >= 0.3 is 6.03 Å². The molecule has 0 radical (unpaired) electrons. The van der Waals surface area contributed by atoms with E-state index in [-0.39, 0.29) is 11.9 Å². The highest BCUT2D eigenvalue weighted by atomic mass is 16.5. The van der Waals surface area contributed by atoms with Gasteiger partial charge in [0.25, 0.3) is 0 Å². The van der Waals surface area contributed by atoms with Crippen LogP contribution in [0.25, 0.3) is 10.9 Å². The normalized spacial score (nSPS) is 13.5. The number of urea groups is 1. The first-order chi connectivity index (χ1) is 12.7. The molecule has 3 rings (SSSR count). The van der Waals surface area contributed by atoms with Crippen LogP contribution in [0.1, 0.15) is 43.4 Å². The Hall–Kier alpha value is -2.54. The van der Waals surface area contributed by atoms with Gasteiger partial charge in [0.1, 0.15) is 0 Å². The second-order valence-electron chi connectivity index (χ2n) is 6.73. The zero-order valence-electron chi connectivity index (χ0n) is 14.9. The number of hydroxylamine groups is 1. The van der Waals surface area contributed by atoms with Crippen LogP contribution < -0.4 is 10.8 Å². The number of H-pyrrole nitrogens is 1. The van der Waals surface area contributed by atoms with Crippen molar-refractivity contribution in [3.63, 3.8) is 0 Å². The number of carbonyl (C=O) groups is 2. The van der Waals surface area contributed by atoms with E-state index in [9.17, 15) is 9.59 Å². The maximum atomic E-state index is 12.4. The molecule has 26 heavy (non-hydrogen) atoms. The van der Waals surface area contributed by atoms with Gasteiger partial charge < -0.3 is 15.2 Å². The summed E-state index contributed by atoms with van der Waals surface area (Å²) in [6, 6.07) is 8.25. The van der Waals surface area contributed by atoms with Crippen molar-refractivity contribution in [1.82, 2.24) is 20.7 Å². The molecule has 0 aliphatic carbocycles. The van der Waals surface area contributed by atoms with Gasteiger partial charge in [-0.1, -0.05) is 31.0 Å². The lowest BCUT2D eigenvalue weighted by atomic mass is 10.0.